The molecule has 0 aliphatic rings. The highest BCUT2D eigenvalue weighted by Crippen LogP contribution is 2.15. The summed E-state index contributed by atoms with van der Waals surface area (Å²) in [6.45, 7) is 6.08. The molecule has 0 aromatic rings. The van der Waals surface area contributed by atoms with Crippen molar-refractivity contribution in [3.8, 4) is 0 Å². The zero-order chi connectivity index (χ0) is 30.5. The van der Waals surface area contributed by atoms with E-state index < -0.39 is 24.9 Å². The Morgan fingerprint density at radius 3 is 1.17 bits per heavy atom. The van der Waals surface area contributed by atoms with Gasteiger partial charge >= 0.3 is 0 Å². The van der Waals surface area contributed by atoms with Crippen LogP contribution in [-0.4, -0.2) is 39.3 Å². The normalized spacial score (nSPS) is 13.3. The van der Waals surface area contributed by atoms with E-state index in [9.17, 15) is 16.8 Å². The summed E-state index contributed by atoms with van der Waals surface area (Å²) in [5.41, 5.74) is 0. The molecule has 246 valence electrons. The second-order valence-electron chi connectivity index (χ2n) is 12.6. The maximum Gasteiger partial charge on any atom is 0.153 e. The summed E-state index contributed by atoms with van der Waals surface area (Å²) < 4.78 is 50.4. The van der Waals surface area contributed by atoms with Gasteiger partial charge in [0.1, 0.15) is 0 Å². The maximum atomic E-state index is 12.7. The fraction of sp³-hybridized carbons (Fsp3) is 0.943. The standard InChI is InChI=1S/C35H70O4S2/c1-4-6-8-10-12-14-16-18-20-22-24-26-28-30-32-40(36,37)34-35(3)41(38,39)33-31-29-27-25-23-21-19-17-15-13-11-9-7-5-2/h15,17,35H,4-14,16,18-34H2,1-3H3/b17-15-. The van der Waals surface area contributed by atoms with Crippen LogP contribution in [0.5, 0.6) is 0 Å². The van der Waals surface area contributed by atoms with Crippen molar-refractivity contribution in [3.63, 3.8) is 0 Å². The molecule has 0 fully saturated rings. The minimum absolute atomic E-state index is 0.114. The van der Waals surface area contributed by atoms with E-state index in [1.165, 1.54) is 116 Å². The Morgan fingerprint density at radius 2 is 0.756 bits per heavy atom. The van der Waals surface area contributed by atoms with Gasteiger partial charge in [0, 0.05) is 0 Å². The van der Waals surface area contributed by atoms with E-state index in [0.717, 1.165) is 38.5 Å². The molecule has 0 aliphatic heterocycles. The van der Waals surface area contributed by atoms with Crippen molar-refractivity contribution in [2.45, 2.75) is 193 Å². The van der Waals surface area contributed by atoms with Gasteiger partial charge in [0.2, 0.25) is 0 Å². The van der Waals surface area contributed by atoms with Crippen LogP contribution in [0, 0.1) is 0 Å². The van der Waals surface area contributed by atoms with Gasteiger partial charge in [-0.2, -0.15) is 0 Å². The van der Waals surface area contributed by atoms with Crippen LogP contribution in [0.15, 0.2) is 12.2 Å². The van der Waals surface area contributed by atoms with Gasteiger partial charge in [-0.3, -0.25) is 0 Å². The van der Waals surface area contributed by atoms with Crippen LogP contribution in [0.1, 0.15) is 188 Å². The summed E-state index contributed by atoms with van der Waals surface area (Å²) >= 11 is 0. The molecule has 0 aromatic carbocycles. The number of hydrogen-bond acceptors (Lipinski definition) is 4. The Kier molecular flexibility index (Phi) is 28.2. The summed E-state index contributed by atoms with van der Waals surface area (Å²) in [5.74, 6) is 0.0160. The predicted molar refractivity (Wildman–Crippen MR) is 182 cm³/mol. The van der Waals surface area contributed by atoms with Crippen LogP contribution in [-0.2, 0) is 19.7 Å². The van der Waals surface area contributed by atoms with Gasteiger partial charge in [0.05, 0.1) is 22.5 Å². The second-order valence-corrected chi connectivity index (χ2v) is 17.4. The smallest absolute Gasteiger partial charge is 0.153 e. The lowest BCUT2D eigenvalue weighted by Crippen LogP contribution is -2.30. The van der Waals surface area contributed by atoms with Crippen molar-refractivity contribution in [1.82, 2.24) is 0 Å². The molecule has 0 aliphatic carbocycles. The van der Waals surface area contributed by atoms with Crippen molar-refractivity contribution in [2.75, 3.05) is 17.3 Å². The van der Waals surface area contributed by atoms with Crippen LogP contribution < -0.4 is 0 Å². The average Bonchev–Trinajstić information content (AvgIpc) is 2.93. The summed E-state index contributed by atoms with van der Waals surface area (Å²) in [6, 6.07) is 0. The van der Waals surface area contributed by atoms with Crippen LogP contribution in [0.2, 0.25) is 0 Å². The third-order valence-corrected chi connectivity index (χ3v) is 12.7. The summed E-state index contributed by atoms with van der Waals surface area (Å²) in [6.07, 6.45) is 35.7. The first-order chi connectivity index (χ1) is 19.7. The predicted octanol–water partition coefficient (Wildman–Crippen LogP) is 10.9. The van der Waals surface area contributed by atoms with E-state index >= 15 is 0 Å². The minimum atomic E-state index is -3.36. The second kappa shape index (κ2) is 28.4. The number of unbranched alkanes of at least 4 members (excludes halogenated alkanes) is 23. The third-order valence-electron chi connectivity index (χ3n) is 8.35. The van der Waals surface area contributed by atoms with Gasteiger partial charge in [0.25, 0.3) is 0 Å². The number of sulfone groups is 2. The fourth-order valence-electron chi connectivity index (χ4n) is 5.46. The van der Waals surface area contributed by atoms with Gasteiger partial charge in [-0.15, -0.1) is 0 Å². The molecule has 0 saturated heterocycles. The highest BCUT2D eigenvalue weighted by Gasteiger charge is 2.26. The summed E-state index contributed by atoms with van der Waals surface area (Å²) in [7, 11) is -6.68. The Balaban J connectivity index is 3.75. The summed E-state index contributed by atoms with van der Waals surface area (Å²) in [5, 5.41) is -0.798. The van der Waals surface area contributed by atoms with Crippen molar-refractivity contribution in [2.24, 2.45) is 0 Å². The van der Waals surface area contributed by atoms with Crippen molar-refractivity contribution in [3.05, 3.63) is 12.2 Å². The lowest BCUT2D eigenvalue weighted by atomic mass is 10.0. The van der Waals surface area contributed by atoms with E-state index in [-0.39, 0.29) is 17.3 Å². The van der Waals surface area contributed by atoms with Gasteiger partial charge in [-0.05, 0) is 45.4 Å². The Morgan fingerprint density at radius 1 is 0.439 bits per heavy atom. The highest BCUT2D eigenvalue weighted by atomic mass is 32.2. The first-order valence-electron chi connectivity index (χ1n) is 17.8. The van der Waals surface area contributed by atoms with E-state index in [0.29, 0.717) is 12.8 Å². The zero-order valence-electron chi connectivity index (χ0n) is 27.7. The van der Waals surface area contributed by atoms with Crippen LogP contribution in [0.3, 0.4) is 0 Å². The van der Waals surface area contributed by atoms with E-state index in [4.69, 9.17) is 0 Å². The molecule has 1 unspecified atom stereocenters. The molecule has 41 heavy (non-hydrogen) atoms. The number of hydrogen-bond donors (Lipinski definition) is 0. The quantitative estimate of drug-likeness (QED) is 0.0555. The Labute approximate surface area is 258 Å². The lowest BCUT2D eigenvalue weighted by Gasteiger charge is -2.13. The highest BCUT2D eigenvalue weighted by molar-refractivity contribution is 7.95. The molecule has 0 aromatic heterocycles. The lowest BCUT2D eigenvalue weighted by molar-refractivity contribution is 0.537. The molecule has 0 N–H and O–H groups in total. The molecule has 0 radical (unpaired) electrons. The number of allylic oxidation sites excluding steroid dienone is 2. The first kappa shape index (κ1) is 40.6. The minimum Gasteiger partial charge on any atom is -0.229 e. The molecular weight excluding hydrogens is 549 g/mol. The van der Waals surface area contributed by atoms with Crippen LogP contribution >= 0.6 is 0 Å². The molecule has 4 nitrogen and oxygen atoms in total. The molecular formula is C35H70O4S2. The van der Waals surface area contributed by atoms with E-state index in [1.54, 1.807) is 6.92 Å². The van der Waals surface area contributed by atoms with Gasteiger partial charge in [-0.25, -0.2) is 16.8 Å². The van der Waals surface area contributed by atoms with E-state index in [2.05, 4.69) is 26.0 Å². The Bertz CT molecular complexity index is 787. The molecule has 0 rings (SSSR count). The maximum absolute atomic E-state index is 12.7. The van der Waals surface area contributed by atoms with Gasteiger partial charge in [-0.1, -0.05) is 154 Å². The monoisotopic (exact) mass is 618 g/mol. The first-order valence-corrected chi connectivity index (χ1v) is 21.4. The Hall–Kier alpha value is -0.360. The third kappa shape index (κ3) is 28.2. The average molecular weight is 619 g/mol. The number of rotatable bonds is 32. The summed E-state index contributed by atoms with van der Waals surface area (Å²) in [4.78, 5) is 0. The molecule has 0 heterocycles. The molecule has 0 amide bonds. The van der Waals surface area contributed by atoms with Crippen LogP contribution in [0.4, 0.5) is 0 Å². The topological polar surface area (TPSA) is 68.3 Å². The molecule has 0 saturated carbocycles. The van der Waals surface area contributed by atoms with E-state index in [1.807, 2.05) is 0 Å². The fourth-order valence-corrected chi connectivity index (χ4v) is 9.45. The van der Waals surface area contributed by atoms with Gasteiger partial charge < -0.3 is 0 Å². The SMILES string of the molecule is CCCCCC/C=C\CCCCCCCCS(=O)(=O)C(C)CS(=O)(=O)CCCCCCCCCCCCCCCC. The molecule has 0 bridgehead atoms. The molecule has 0 spiro atoms. The van der Waals surface area contributed by atoms with Crippen molar-refractivity contribution < 1.29 is 16.8 Å². The van der Waals surface area contributed by atoms with Crippen LogP contribution in [0.25, 0.3) is 0 Å². The van der Waals surface area contributed by atoms with Crippen molar-refractivity contribution >= 4 is 19.7 Å². The molecule has 6 heteroatoms. The zero-order valence-corrected chi connectivity index (χ0v) is 29.3. The largest absolute Gasteiger partial charge is 0.229 e. The molecule has 1 atom stereocenters. The van der Waals surface area contributed by atoms with Gasteiger partial charge in [0.15, 0.2) is 19.7 Å². The van der Waals surface area contributed by atoms with Crippen molar-refractivity contribution in [1.29, 1.82) is 0 Å².